The molecule has 0 radical (unpaired) electrons. The van der Waals surface area contributed by atoms with Gasteiger partial charge in [0, 0.05) is 18.0 Å². The third-order valence-electron chi connectivity index (χ3n) is 3.80. The number of esters is 1. The molecule has 0 fully saturated rings. The van der Waals surface area contributed by atoms with Gasteiger partial charge in [0.05, 0.1) is 19.3 Å². The smallest absolute Gasteiger partial charge is 0.328 e. The minimum Gasteiger partial charge on any atom is -0.490 e. The summed E-state index contributed by atoms with van der Waals surface area (Å²) in [6.07, 6.45) is 0.327. The van der Waals surface area contributed by atoms with Crippen molar-refractivity contribution in [3.05, 3.63) is 64.1 Å². The standard InChI is InChI=1S/C20H22BrNO5/c1-25-10-11-27-18-9-8-15(21)13-16(18)19(23)22-17(20(24)26-2)12-14-6-4-3-5-7-14/h3-9,13,17H,10-12H2,1-2H3,(H,22,23). The molecule has 2 aromatic rings. The van der Waals surface area contributed by atoms with Crippen molar-refractivity contribution in [2.45, 2.75) is 12.5 Å². The molecule has 2 aromatic carbocycles. The third kappa shape index (κ3) is 6.37. The van der Waals surface area contributed by atoms with Gasteiger partial charge in [-0.05, 0) is 23.8 Å². The van der Waals surface area contributed by atoms with Gasteiger partial charge in [-0.25, -0.2) is 4.79 Å². The molecular formula is C20H22BrNO5. The van der Waals surface area contributed by atoms with E-state index in [1.807, 2.05) is 30.3 Å². The molecule has 1 unspecified atom stereocenters. The number of benzene rings is 2. The van der Waals surface area contributed by atoms with Crippen LogP contribution in [0, 0.1) is 0 Å². The van der Waals surface area contributed by atoms with Crippen molar-refractivity contribution in [3.63, 3.8) is 0 Å². The SMILES string of the molecule is COCCOc1ccc(Br)cc1C(=O)NC(Cc1ccccc1)C(=O)OC. The van der Waals surface area contributed by atoms with Crippen molar-refractivity contribution in [2.24, 2.45) is 0 Å². The van der Waals surface area contributed by atoms with E-state index in [-0.39, 0.29) is 0 Å². The van der Waals surface area contributed by atoms with Gasteiger partial charge in [-0.15, -0.1) is 0 Å². The molecule has 1 atom stereocenters. The third-order valence-corrected chi connectivity index (χ3v) is 4.30. The van der Waals surface area contributed by atoms with Crippen LogP contribution in [0.25, 0.3) is 0 Å². The second-order valence-corrected chi connectivity index (χ2v) is 6.64. The zero-order chi connectivity index (χ0) is 19.6. The molecule has 1 amide bonds. The van der Waals surface area contributed by atoms with E-state index in [0.29, 0.717) is 30.9 Å². The maximum absolute atomic E-state index is 12.8. The molecule has 1 N–H and O–H groups in total. The topological polar surface area (TPSA) is 73.9 Å². The lowest BCUT2D eigenvalue weighted by atomic mass is 10.1. The van der Waals surface area contributed by atoms with E-state index in [2.05, 4.69) is 21.2 Å². The second kappa shape index (κ2) is 10.7. The van der Waals surface area contributed by atoms with Crippen LogP contribution in [0.5, 0.6) is 5.75 Å². The zero-order valence-corrected chi connectivity index (χ0v) is 16.8. The lowest BCUT2D eigenvalue weighted by Gasteiger charge is -2.18. The van der Waals surface area contributed by atoms with Crippen LogP contribution in [0.4, 0.5) is 0 Å². The normalized spacial score (nSPS) is 11.5. The molecule has 0 aliphatic heterocycles. The first-order valence-corrected chi connectivity index (χ1v) is 9.18. The van der Waals surface area contributed by atoms with E-state index < -0.39 is 17.9 Å². The molecule has 7 heteroatoms. The van der Waals surface area contributed by atoms with Gasteiger partial charge >= 0.3 is 5.97 Å². The van der Waals surface area contributed by atoms with Crippen molar-refractivity contribution >= 4 is 27.8 Å². The van der Waals surface area contributed by atoms with Crippen LogP contribution >= 0.6 is 15.9 Å². The van der Waals surface area contributed by atoms with E-state index in [0.717, 1.165) is 10.0 Å². The van der Waals surface area contributed by atoms with E-state index in [4.69, 9.17) is 14.2 Å². The highest BCUT2D eigenvalue weighted by molar-refractivity contribution is 9.10. The number of methoxy groups -OCH3 is 2. The van der Waals surface area contributed by atoms with Crippen LogP contribution in [-0.2, 0) is 20.7 Å². The van der Waals surface area contributed by atoms with Gasteiger partial charge in [-0.2, -0.15) is 0 Å². The van der Waals surface area contributed by atoms with Gasteiger partial charge in [-0.3, -0.25) is 4.79 Å². The minimum absolute atomic E-state index is 0.308. The highest BCUT2D eigenvalue weighted by atomic mass is 79.9. The Morgan fingerprint density at radius 3 is 2.48 bits per heavy atom. The first-order chi connectivity index (χ1) is 13.0. The number of carbonyl (C=O) groups is 2. The summed E-state index contributed by atoms with van der Waals surface area (Å²) < 4.78 is 16.2. The molecular weight excluding hydrogens is 414 g/mol. The highest BCUT2D eigenvalue weighted by Crippen LogP contribution is 2.23. The van der Waals surface area contributed by atoms with Crippen molar-refractivity contribution in [1.82, 2.24) is 5.32 Å². The summed E-state index contributed by atoms with van der Waals surface area (Å²) in [6, 6.07) is 13.7. The number of amides is 1. The summed E-state index contributed by atoms with van der Waals surface area (Å²) in [6.45, 7) is 0.707. The Morgan fingerprint density at radius 1 is 1.07 bits per heavy atom. The average Bonchev–Trinajstić information content (AvgIpc) is 2.68. The van der Waals surface area contributed by atoms with Gasteiger partial charge in [-0.1, -0.05) is 46.3 Å². The molecule has 6 nitrogen and oxygen atoms in total. The van der Waals surface area contributed by atoms with Gasteiger partial charge in [0.15, 0.2) is 0 Å². The number of rotatable bonds is 9. The van der Waals surface area contributed by atoms with Crippen LogP contribution < -0.4 is 10.1 Å². The Labute approximate surface area is 166 Å². The molecule has 0 heterocycles. The van der Waals surface area contributed by atoms with Gasteiger partial charge in [0.25, 0.3) is 5.91 Å². The first-order valence-electron chi connectivity index (χ1n) is 8.39. The monoisotopic (exact) mass is 435 g/mol. The van der Waals surface area contributed by atoms with Crippen molar-refractivity contribution in [1.29, 1.82) is 0 Å². The number of ether oxygens (including phenoxy) is 3. The van der Waals surface area contributed by atoms with E-state index in [9.17, 15) is 9.59 Å². The largest absolute Gasteiger partial charge is 0.490 e. The molecule has 27 heavy (non-hydrogen) atoms. The first kappa shape index (κ1) is 20.9. The quantitative estimate of drug-likeness (QED) is 0.484. The number of hydrogen-bond acceptors (Lipinski definition) is 5. The molecule has 0 aromatic heterocycles. The van der Waals surface area contributed by atoms with Gasteiger partial charge < -0.3 is 19.5 Å². The summed E-state index contributed by atoms with van der Waals surface area (Å²) in [7, 11) is 2.87. The maximum Gasteiger partial charge on any atom is 0.328 e. The molecule has 0 saturated carbocycles. The Hall–Kier alpha value is -2.38. The predicted octanol–water partition coefficient (Wildman–Crippen LogP) is 2.99. The number of hydrogen-bond donors (Lipinski definition) is 1. The molecule has 144 valence electrons. The van der Waals surface area contributed by atoms with Gasteiger partial charge in [0.1, 0.15) is 18.4 Å². The molecule has 2 rings (SSSR count). The summed E-state index contributed by atoms with van der Waals surface area (Å²) in [5.74, 6) is -0.518. The lowest BCUT2D eigenvalue weighted by molar-refractivity contribution is -0.142. The number of carbonyl (C=O) groups excluding carboxylic acids is 2. The second-order valence-electron chi connectivity index (χ2n) is 5.72. The van der Waals surface area contributed by atoms with Gasteiger partial charge in [0.2, 0.25) is 0 Å². The fourth-order valence-electron chi connectivity index (χ4n) is 2.46. The molecule has 0 bridgehead atoms. The summed E-state index contributed by atoms with van der Waals surface area (Å²) in [5, 5.41) is 2.74. The lowest BCUT2D eigenvalue weighted by Crippen LogP contribution is -2.43. The number of halogens is 1. The zero-order valence-electron chi connectivity index (χ0n) is 15.2. The summed E-state index contributed by atoms with van der Waals surface area (Å²) in [4.78, 5) is 25.0. The molecule has 0 spiro atoms. The summed E-state index contributed by atoms with van der Waals surface area (Å²) >= 11 is 3.36. The Kier molecular flexibility index (Phi) is 8.29. The Morgan fingerprint density at radius 2 is 1.81 bits per heavy atom. The Bertz CT molecular complexity index is 766. The maximum atomic E-state index is 12.8. The number of nitrogens with one attached hydrogen (secondary N) is 1. The van der Waals surface area contributed by atoms with E-state index in [1.54, 1.807) is 25.3 Å². The molecule has 0 saturated heterocycles. The summed E-state index contributed by atoms with van der Waals surface area (Å²) in [5.41, 5.74) is 1.24. The fourth-order valence-corrected chi connectivity index (χ4v) is 2.82. The van der Waals surface area contributed by atoms with Crippen LogP contribution in [-0.4, -0.2) is 45.4 Å². The van der Waals surface area contributed by atoms with Crippen molar-refractivity contribution in [3.8, 4) is 5.75 Å². The van der Waals surface area contributed by atoms with Crippen LogP contribution in [0.2, 0.25) is 0 Å². The van der Waals surface area contributed by atoms with E-state index >= 15 is 0 Å². The Balaban J connectivity index is 2.18. The molecule has 0 aliphatic rings. The average molecular weight is 436 g/mol. The minimum atomic E-state index is -0.810. The van der Waals surface area contributed by atoms with Crippen LogP contribution in [0.1, 0.15) is 15.9 Å². The van der Waals surface area contributed by atoms with Crippen molar-refractivity contribution < 1.29 is 23.8 Å². The van der Waals surface area contributed by atoms with Crippen molar-refractivity contribution in [2.75, 3.05) is 27.4 Å². The predicted molar refractivity (Wildman–Crippen MR) is 105 cm³/mol. The van der Waals surface area contributed by atoms with Crippen LogP contribution in [0.15, 0.2) is 53.0 Å². The van der Waals surface area contributed by atoms with E-state index in [1.165, 1.54) is 7.11 Å². The molecule has 0 aliphatic carbocycles. The highest BCUT2D eigenvalue weighted by Gasteiger charge is 2.24. The fraction of sp³-hybridized carbons (Fsp3) is 0.300. The van der Waals surface area contributed by atoms with Crippen LogP contribution in [0.3, 0.4) is 0 Å².